The summed E-state index contributed by atoms with van der Waals surface area (Å²) in [6.07, 6.45) is -0.0674. The maximum atomic E-state index is 11.8. The summed E-state index contributed by atoms with van der Waals surface area (Å²) in [5.74, 6) is -0.798. The van der Waals surface area contributed by atoms with Crippen LogP contribution in [0.2, 0.25) is 0 Å². The van der Waals surface area contributed by atoms with Gasteiger partial charge in [0.25, 0.3) is 5.91 Å². The molecule has 0 aliphatic rings. The fourth-order valence-corrected chi connectivity index (χ4v) is 1.71. The first-order chi connectivity index (χ1) is 10.0. The van der Waals surface area contributed by atoms with E-state index in [4.69, 9.17) is 15.2 Å². The number of nitrogen functional groups attached to an aromatic ring is 1. The molecule has 0 radical (unpaired) electrons. The summed E-state index contributed by atoms with van der Waals surface area (Å²) >= 11 is 0. The van der Waals surface area contributed by atoms with Crippen molar-refractivity contribution in [2.24, 2.45) is 0 Å². The number of methoxy groups -OCH3 is 1. The molecule has 1 aromatic carbocycles. The molecular weight excluding hydrogens is 272 g/mol. The van der Waals surface area contributed by atoms with Gasteiger partial charge >= 0.3 is 5.97 Å². The Morgan fingerprint density at radius 2 is 2.05 bits per heavy atom. The topological polar surface area (TPSA) is 90.6 Å². The van der Waals surface area contributed by atoms with Crippen molar-refractivity contribution in [1.82, 2.24) is 5.32 Å². The molecule has 0 aromatic heterocycles. The Labute approximate surface area is 124 Å². The second kappa shape index (κ2) is 8.97. The number of hydrogen-bond donors (Lipinski definition) is 2. The number of anilines is 1. The molecule has 0 saturated carbocycles. The summed E-state index contributed by atoms with van der Waals surface area (Å²) in [5, 5.41) is 2.68. The van der Waals surface area contributed by atoms with Crippen LogP contribution in [0.4, 0.5) is 5.69 Å². The number of ether oxygens (including phenoxy) is 2. The van der Waals surface area contributed by atoms with Crippen molar-refractivity contribution < 1.29 is 19.1 Å². The van der Waals surface area contributed by atoms with Crippen LogP contribution in [0.5, 0.6) is 0 Å². The highest BCUT2D eigenvalue weighted by Gasteiger charge is 2.17. The van der Waals surface area contributed by atoms with E-state index in [0.717, 1.165) is 0 Å². The second-order valence-electron chi connectivity index (χ2n) is 4.65. The fourth-order valence-electron chi connectivity index (χ4n) is 1.71. The average molecular weight is 294 g/mol. The van der Waals surface area contributed by atoms with Gasteiger partial charge < -0.3 is 20.5 Å². The van der Waals surface area contributed by atoms with Crippen LogP contribution in [-0.2, 0) is 25.5 Å². The van der Waals surface area contributed by atoms with Gasteiger partial charge in [0.05, 0.1) is 6.42 Å². The molecule has 6 nitrogen and oxygen atoms in total. The lowest BCUT2D eigenvalue weighted by molar-refractivity contribution is -0.154. The molecule has 0 bridgehead atoms. The van der Waals surface area contributed by atoms with Crippen LogP contribution in [0.1, 0.15) is 18.9 Å². The summed E-state index contributed by atoms with van der Waals surface area (Å²) in [6, 6.07) is 7.06. The van der Waals surface area contributed by atoms with E-state index in [1.807, 2.05) is 0 Å². The summed E-state index contributed by atoms with van der Waals surface area (Å²) in [7, 11) is 1.60. The van der Waals surface area contributed by atoms with E-state index in [-0.39, 0.29) is 12.3 Å². The Morgan fingerprint density at radius 3 is 2.71 bits per heavy atom. The Morgan fingerprint density at radius 1 is 1.33 bits per heavy atom. The van der Waals surface area contributed by atoms with Gasteiger partial charge in [-0.2, -0.15) is 0 Å². The Hall–Kier alpha value is -2.08. The molecule has 0 aliphatic heterocycles. The van der Waals surface area contributed by atoms with Gasteiger partial charge in [0.1, 0.15) is 0 Å². The molecule has 21 heavy (non-hydrogen) atoms. The number of carbonyl (C=O) groups is 2. The van der Waals surface area contributed by atoms with Crippen LogP contribution in [0.25, 0.3) is 0 Å². The number of para-hydroxylation sites is 1. The predicted octanol–water partition coefficient (Wildman–Crippen LogP) is 0.896. The first-order valence-electron chi connectivity index (χ1n) is 6.84. The van der Waals surface area contributed by atoms with E-state index in [2.05, 4.69) is 5.32 Å². The van der Waals surface area contributed by atoms with Gasteiger partial charge in [0.15, 0.2) is 6.10 Å². The standard InChI is InChI=1S/C15H22N2O4/c1-11(15(19)17-8-5-9-20-2)21-14(18)10-12-6-3-4-7-13(12)16/h3-4,6-7,11H,5,8-10,16H2,1-2H3,(H,17,19). The monoisotopic (exact) mass is 294 g/mol. The quantitative estimate of drug-likeness (QED) is 0.422. The van der Waals surface area contributed by atoms with Crippen molar-refractivity contribution in [3.63, 3.8) is 0 Å². The molecule has 0 heterocycles. The van der Waals surface area contributed by atoms with Gasteiger partial charge in [-0.1, -0.05) is 18.2 Å². The molecule has 0 fully saturated rings. The van der Waals surface area contributed by atoms with Crippen molar-refractivity contribution in [3.05, 3.63) is 29.8 Å². The molecule has 1 aromatic rings. The highest BCUT2D eigenvalue weighted by molar-refractivity contribution is 5.84. The summed E-state index contributed by atoms with van der Waals surface area (Å²) in [5.41, 5.74) is 6.98. The number of rotatable bonds is 8. The molecule has 3 N–H and O–H groups in total. The van der Waals surface area contributed by atoms with Crippen molar-refractivity contribution in [3.8, 4) is 0 Å². The summed E-state index contributed by atoms with van der Waals surface area (Å²) in [4.78, 5) is 23.5. The van der Waals surface area contributed by atoms with E-state index in [9.17, 15) is 9.59 Å². The zero-order chi connectivity index (χ0) is 15.7. The van der Waals surface area contributed by atoms with Crippen LogP contribution in [0.15, 0.2) is 24.3 Å². The zero-order valence-electron chi connectivity index (χ0n) is 12.4. The van der Waals surface area contributed by atoms with Crippen molar-refractivity contribution >= 4 is 17.6 Å². The molecule has 0 saturated heterocycles. The zero-order valence-corrected chi connectivity index (χ0v) is 12.4. The lowest BCUT2D eigenvalue weighted by Gasteiger charge is -2.14. The maximum Gasteiger partial charge on any atom is 0.311 e. The van der Waals surface area contributed by atoms with E-state index >= 15 is 0 Å². The van der Waals surface area contributed by atoms with Gasteiger partial charge in [0.2, 0.25) is 0 Å². The third kappa shape index (κ3) is 6.27. The number of hydrogen-bond acceptors (Lipinski definition) is 5. The van der Waals surface area contributed by atoms with Gasteiger partial charge in [-0.05, 0) is 25.0 Å². The third-order valence-electron chi connectivity index (χ3n) is 2.89. The lowest BCUT2D eigenvalue weighted by atomic mass is 10.1. The van der Waals surface area contributed by atoms with E-state index in [1.54, 1.807) is 31.4 Å². The van der Waals surface area contributed by atoms with Gasteiger partial charge in [-0.3, -0.25) is 9.59 Å². The smallest absolute Gasteiger partial charge is 0.311 e. The number of nitrogens with one attached hydrogen (secondary N) is 1. The molecule has 1 unspecified atom stereocenters. The van der Waals surface area contributed by atoms with Crippen LogP contribution >= 0.6 is 0 Å². The Bertz CT molecular complexity index is 476. The Kier molecular flexibility index (Phi) is 7.25. The molecular formula is C15H22N2O4. The van der Waals surface area contributed by atoms with Crippen molar-refractivity contribution in [2.45, 2.75) is 25.9 Å². The molecule has 6 heteroatoms. The third-order valence-corrected chi connectivity index (χ3v) is 2.89. The minimum atomic E-state index is -0.829. The van der Waals surface area contributed by atoms with Crippen LogP contribution in [0, 0.1) is 0 Å². The molecule has 0 aliphatic carbocycles. The van der Waals surface area contributed by atoms with E-state index in [0.29, 0.717) is 30.8 Å². The average Bonchev–Trinajstić information content (AvgIpc) is 2.45. The van der Waals surface area contributed by atoms with Crippen molar-refractivity contribution in [2.75, 3.05) is 26.0 Å². The van der Waals surface area contributed by atoms with E-state index < -0.39 is 12.1 Å². The normalized spacial score (nSPS) is 11.7. The molecule has 0 spiro atoms. The lowest BCUT2D eigenvalue weighted by Crippen LogP contribution is -2.36. The molecule has 1 atom stereocenters. The second-order valence-corrected chi connectivity index (χ2v) is 4.65. The SMILES string of the molecule is COCCCNC(=O)C(C)OC(=O)Cc1ccccc1N. The molecule has 116 valence electrons. The number of amides is 1. The number of benzene rings is 1. The number of carbonyl (C=O) groups excluding carboxylic acids is 2. The minimum Gasteiger partial charge on any atom is -0.452 e. The largest absolute Gasteiger partial charge is 0.452 e. The fraction of sp³-hybridized carbons (Fsp3) is 0.467. The minimum absolute atomic E-state index is 0.0496. The highest BCUT2D eigenvalue weighted by atomic mass is 16.5. The van der Waals surface area contributed by atoms with Gasteiger partial charge in [-0.15, -0.1) is 0 Å². The highest BCUT2D eigenvalue weighted by Crippen LogP contribution is 2.12. The molecule has 1 amide bonds. The Balaban J connectivity index is 2.36. The van der Waals surface area contributed by atoms with Gasteiger partial charge in [-0.25, -0.2) is 0 Å². The predicted molar refractivity (Wildman–Crippen MR) is 79.6 cm³/mol. The van der Waals surface area contributed by atoms with Crippen molar-refractivity contribution in [1.29, 1.82) is 0 Å². The van der Waals surface area contributed by atoms with Crippen LogP contribution < -0.4 is 11.1 Å². The number of nitrogens with two attached hydrogens (primary N) is 1. The summed E-state index contributed by atoms with van der Waals surface area (Å²) in [6.45, 7) is 2.60. The van der Waals surface area contributed by atoms with E-state index in [1.165, 1.54) is 6.92 Å². The maximum absolute atomic E-state index is 11.8. The summed E-state index contributed by atoms with van der Waals surface area (Å²) < 4.78 is 9.97. The number of esters is 1. The van der Waals surface area contributed by atoms with Gasteiger partial charge in [0, 0.05) is 25.9 Å². The first-order valence-corrected chi connectivity index (χ1v) is 6.84. The first kappa shape index (κ1) is 17.0. The van der Waals surface area contributed by atoms with Crippen LogP contribution in [0.3, 0.4) is 0 Å². The van der Waals surface area contributed by atoms with Crippen LogP contribution in [-0.4, -0.2) is 38.2 Å². The molecule has 1 rings (SSSR count).